The smallest absolute Gasteiger partial charge is 0.180 e. The molecule has 0 fully saturated rings. The predicted molar refractivity (Wildman–Crippen MR) is 71.8 cm³/mol. The Morgan fingerprint density at radius 2 is 1.95 bits per heavy atom. The minimum absolute atomic E-state index is 0.163. The Morgan fingerprint density at radius 3 is 2.42 bits per heavy atom. The van der Waals surface area contributed by atoms with Crippen molar-refractivity contribution in [2.45, 2.75) is 18.8 Å². The lowest BCUT2D eigenvalue weighted by Gasteiger charge is -2.36. The van der Waals surface area contributed by atoms with Crippen molar-refractivity contribution >= 4 is 5.69 Å². The third kappa shape index (κ3) is 3.56. The van der Waals surface area contributed by atoms with Crippen molar-refractivity contribution in [3.05, 3.63) is 24.0 Å². The van der Waals surface area contributed by atoms with Gasteiger partial charge in [0.2, 0.25) is 0 Å². The number of anilines is 1. The molecule has 19 heavy (non-hydrogen) atoms. The van der Waals surface area contributed by atoms with E-state index in [-0.39, 0.29) is 12.3 Å². The summed E-state index contributed by atoms with van der Waals surface area (Å²) in [4.78, 5) is 0. The van der Waals surface area contributed by atoms with Crippen LogP contribution < -0.4 is 15.8 Å². The summed E-state index contributed by atoms with van der Waals surface area (Å²) in [7, 11) is 4.49. The lowest BCUT2D eigenvalue weighted by atomic mass is 10.0. The minimum atomic E-state index is -0.646. The average molecular weight is 272 g/mol. The van der Waals surface area contributed by atoms with Gasteiger partial charge >= 0.3 is 0 Å². The summed E-state index contributed by atoms with van der Waals surface area (Å²) in [5.74, 6) is -0.256. The second-order valence-electron chi connectivity index (χ2n) is 4.40. The van der Waals surface area contributed by atoms with Gasteiger partial charge in [0.1, 0.15) is 0 Å². The monoisotopic (exact) mass is 272 g/mol. The molecule has 0 spiro atoms. The maximum Gasteiger partial charge on any atom is 0.180 e. The van der Waals surface area contributed by atoms with E-state index in [1.54, 1.807) is 12.1 Å². The minimum Gasteiger partial charge on any atom is -0.494 e. The Hall–Kier alpha value is -1.37. The first-order valence-corrected chi connectivity index (χ1v) is 5.88. The number of rotatable bonds is 7. The summed E-state index contributed by atoms with van der Waals surface area (Å²) < 4.78 is 28.8. The molecule has 1 rings (SSSR count). The quantitative estimate of drug-likeness (QED) is 0.738. The van der Waals surface area contributed by atoms with Crippen LogP contribution in [-0.4, -0.2) is 39.7 Å². The highest BCUT2D eigenvalue weighted by molar-refractivity contribution is 5.50. The summed E-state index contributed by atoms with van der Waals surface area (Å²) >= 11 is 0. The van der Waals surface area contributed by atoms with Crippen molar-refractivity contribution < 1.29 is 18.6 Å². The van der Waals surface area contributed by atoms with Crippen molar-refractivity contribution in [2.24, 2.45) is 5.73 Å². The van der Waals surface area contributed by atoms with E-state index in [0.717, 1.165) is 0 Å². The molecule has 6 heteroatoms. The molecule has 1 aromatic carbocycles. The van der Waals surface area contributed by atoms with Crippen LogP contribution in [0, 0.1) is 5.82 Å². The number of nitrogens with one attached hydrogen (secondary N) is 1. The maximum atomic E-state index is 13.3. The van der Waals surface area contributed by atoms with E-state index < -0.39 is 17.6 Å². The second kappa shape index (κ2) is 6.70. The van der Waals surface area contributed by atoms with Gasteiger partial charge in [0.15, 0.2) is 17.9 Å². The largest absolute Gasteiger partial charge is 0.494 e. The predicted octanol–water partition coefficient (Wildman–Crippen LogP) is 1.58. The zero-order chi connectivity index (χ0) is 14.5. The number of methoxy groups -OCH3 is 3. The van der Waals surface area contributed by atoms with Gasteiger partial charge in [0, 0.05) is 32.5 Å². The van der Waals surface area contributed by atoms with Crippen molar-refractivity contribution in [3.8, 4) is 5.75 Å². The summed E-state index contributed by atoms with van der Waals surface area (Å²) in [6, 6.07) is 4.49. The molecule has 0 amide bonds. The van der Waals surface area contributed by atoms with Crippen LogP contribution in [-0.2, 0) is 9.47 Å². The summed E-state index contributed by atoms with van der Waals surface area (Å²) in [5, 5.41) is 3.19. The molecule has 5 nitrogen and oxygen atoms in total. The first-order valence-electron chi connectivity index (χ1n) is 5.88. The molecule has 1 unspecified atom stereocenters. The number of hydrogen-bond acceptors (Lipinski definition) is 5. The normalized spacial score (nSPS) is 14.3. The molecule has 108 valence electrons. The van der Waals surface area contributed by atoms with Crippen LogP contribution in [0.25, 0.3) is 0 Å². The number of halogens is 1. The van der Waals surface area contributed by atoms with Crippen LogP contribution in [0.2, 0.25) is 0 Å². The first kappa shape index (κ1) is 15.7. The van der Waals surface area contributed by atoms with Crippen LogP contribution in [0.4, 0.5) is 10.1 Å². The molecule has 0 aliphatic rings. The second-order valence-corrected chi connectivity index (χ2v) is 4.40. The van der Waals surface area contributed by atoms with E-state index in [9.17, 15) is 4.39 Å². The molecule has 0 aliphatic carbocycles. The number of hydrogen-bond donors (Lipinski definition) is 2. The van der Waals surface area contributed by atoms with Crippen molar-refractivity contribution in [2.75, 3.05) is 33.2 Å². The average Bonchev–Trinajstić information content (AvgIpc) is 2.42. The fourth-order valence-electron chi connectivity index (χ4n) is 1.89. The van der Waals surface area contributed by atoms with Crippen molar-refractivity contribution in [1.29, 1.82) is 0 Å². The number of ether oxygens (including phenoxy) is 3. The molecule has 0 saturated carbocycles. The highest BCUT2D eigenvalue weighted by Crippen LogP contribution is 2.25. The number of benzene rings is 1. The van der Waals surface area contributed by atoms with Crippen molar-refractivity contribution in [3.63, 3.8) is 0 Å². The fraction of sp³-hybridized carbons (Fsp3) is 0.538. The summed E-state index contributed by atoms with van der Waals surface area (Å²) in [5.41, 5.74) is 5.80. The summed E-state index contributed by atoms with van der Waals surface area (Å²) in [6.45, 7) is 2.14. The van der Waals surface area contributed by atoms with Gasteiger partial charge in [-0.05, 0) is 19.1 Å². The molecule has 3 N–H and O–H groups in total. The third-order valence-corrected chi connectivity index (χ3v) is 2.95. The Bertz CT molecular complexity index is 413. The number of nitrogens with two attached hydrogens (primary N) is 1. The molecule has 0 saturated heterocycles. The Labute approximate surface area is 112 Å². The van der Waals surface area contributed by atoms with E-state index >= 15 is 0 Å². The zero-order valence-electron chi connectivity index (χ0n) is 11.7. The van der Waals surface area contributed by atoms with E-state index in [2.05, 4.69) is 5.32 Å². The molecular weight excluding hydrogens is 251 g/mol. The molecule has 0 aliphatic heterocycles. The topological polar surface area (TPSA) is 65.7 Å². The highest BCUT2D eigenvalue weighted by Gasteiger charge is 2.33. The van der Waals surface area contributed by atoms with E-state index in [1.807, 2.05) is 6.92 Å². The fourth-order valence-corrected chi connectivity index (χ4v) is 1.89. The molecule has 0 aromatic heterocycles. The van der Waals surface area contributed by atoms with Gasteiger partial charge < -0.3 is 25.3 Å². The molecule has 1 atom stereocenters. The zero-order valence-corrected chi connectivity index (χ0v) is 11.7. The first-order chi connectivity index (χ1) is 9.00. The molecule has 1 aromatic rings. The Balaban J connectivity index is 2.97. The van der Waals surface area contributed by atoms with Gasteiger partial charge in [0.25, 0.3) is 0 Å². The van der Waals surface area contributed by atoms with Crippen LogP contribution in [0.15, 0.2) is 18.2 Å². The van der Waals surface area contributed by atoms with Gasteiger partial charge in [-0.2, -0.15) is 0 Å². The van der Waals surface area contributed by atoms with Gasteiger partial charge in [0.05, 0.1) is 12.6 Å². The van der Waals surface area contributed by atoms with Crippen LogP contribution >= 0.6 is 0 Å². The molecular formula is C13H21FN2O3. The van der Waals surface area contributed by atoms with Gasteiger partial charge in [-0.25, -0.2) is 4.39 Å². The van der Waals surface area contributed by atoms with Crippen LogP contribution in [0.5, 0.6) is 5.75 Å². The summed E-state index contributed by atoms with van der Waals surface area (Å²) in [6.07, 6.45) is -0.534. The van der Waals surface area contributed by atoms with E-state index in [0.29, 0.717) is 5.69 Å². The highest BCUT2D eigenvalue weighted by atomic mass is 19.1. The van der Waals surface area contributed by atoms with Crippen molar-refractivity contribution in [1.82, 2.24) is 0 Å². The third-order valence-electron chi connectivity index (χ3n) is 2.95. The van der Waals surface area contributed by atoms with E-state index in [1.165, 1.54) is 27.4 Å². The SMILES string of the molecule is COc1cc(NC(C)(CN)C(OC)OC)ccc1F. The molecule has 0 radical (unpaired) electrons. The maximum absolute atomic E-state index is 13.3. The van der Waals surface area contributed by atoms with Crippen LogP contribution in [0.1, 0.15) is 6.92 Å². The van der Waals surface area contributed by atoms with E-state index in [4.69, 9.17) is 19.9 Å². The molecule has 0 heterocycles. The molecule has 0 bridgehead atoms. The standard InChI is InChI=1S/C13H21FN2O3/c1-13(8-15,12(18-3)19-4)16-9-5-6-10(14)11(7-9)17-2/h5-7,12,16H,8,15H2,1-4H3. The van der Waals surface area contributed by atoms with Gasteiger partial charge in [-0.3, -0.25) is 0 Å². The van der Waals surface area contributed by atoms with Gasteiger partial charge in [-0.1, -0.05) is 0 Å². The Kier molecular flexibility index (Phi) is 5.53. The lowest BCUT2D eigenvalue weighted by molar-refractivity contribution is -0.134. The van der Waals surface area contributed by atoms with Gasteiger partial charge in [-0.15, -0.1) is 0 Å². The van der Waals surface area contributed by atoms with Crippen LogP contribution in [0.3, 0.4) is 0 Å². The Morgan fingerprint density at radius 1 is 1.32 bits per heavy atom. The lowest BCUT2D eigenvalue weighted by Crippen LogP contribution is -2.54.